The van der Waals surface area contributed by atoms with E-state index in [1.54, 1.807) is 6.92 Å². The lowest BCUT2D eigenvalue weighted by Gasteiger charge is -2.26. The molecule has 22 heavy (non-hydrogen) atoms. The first-order valence-electron chi connectivity index (χ1n) is 7.46. The maximum atomic E-state index is 12.3. The van der Waals surface area contributed by atoms with Gasteiger partial charge in [-0.05, 0) is 50.8 Å². The van der Waals surface area contributed by atoms with Crippen molar-refractivity contribution >= 4 is 11.4 Å². The first-order valence-corrected chi connectivity index (χ1v) is 8.61. The lowest BCUT2D eigenvalue weighted by atomic mass is 10.0. The fourth-order valence-electron chi connectivity index (χ4n) is 2.60. The van der Waals surface area contributed by atoms with Crippen molar-refractivity contribution in [3.05, 3.63) is 35.2 Å². The van der Waals surface area contributed by atoms with Gasteiger partial charge in [-0.25, -0.2) is 0 Å². The SMILES string of the molecule is Cc1nc(-c2ccc3c(c2)CC[C@H]3N[S+]([O-])C(C)(C)C)no1. The van der Waals surface area contributed by atoms with E-state index in [2.05, 4.69) is 27.0 Å². The number of benzene rings is 1. The van der Waals surface area contributed by atoms with Crippen molar-refractivity contribution < 1.29 is 9.08 Å². The van der Waals surface area contributed by atoms with Crippen molar-refractivity contribution in [2.45, 2.75) is 51.3 Å². The second kappa shape index (κ2) is 5.68. The molecule has 118 valence electrons. The minimum absolute atomic E-state index is 0.149. The van der Waals surface area contributed by atoms with Gasteiger partial charge in [-0.15, -0.1) is 4.72 Å². The zero-order valence-corrected chi connectivity index (χ0v) is 14.2. The van der Waals surface area contributed by atoms with Crippen molar-refractivity contribution in [1.29, 1.82) is 0 Å². The molecule has 0 bridgehead atoms. The number of hydrogen-bond donors (Lipinski definition) is 1. The number of nitrogens with one attached hydrogen (secondary N) is 1. The number of hydrogen-bond acceptors (Lipinski definition) is 5. The summed E-state index contributed by atoms with van der Waals surface area (Å²) in [6.45, 7) is 7.72. The maximum Gasteiger partial charge on any atom is 0.223 e. The van der Waals surface area contributed by atoms with Gasteiger partial charge in [0.05, 0.1) is 6.04 Å². The van der Waals surface area contributed by atoms with Crippen molar-refractivity contribution in [1.82, 2.24) is 14.9 Å². The molecule has 1 aromatic carbocycles. The van der Waals surface area contributed by atoms with Crippen LogP contribution in [0.15, 0.2) is 22.7 Å². The van der Waals surface area contributed by atoms with Gasteiger partial charge in [0.25, 0.3) is 0 Å². The minimum Gasteiger partial charge on any atom is -0.598 e. The van der Waals surface area contributed by atoms with Gasteiger partial charge in [-0.1, -0.05) is 17.3 Å². The molecule has 1 aliphatic rings. The second-order valence-corrected chi connectivity index (χ2v) is 8.64. The van der Waals surface area contributed by atoms with E-state index in [9.17, 15) is 4.55 Å². The highest BCUT2D eigenvalue weighted by Gasteiger charge is 2.32. The van der Waals surface area contributed by atoms with Crippen LogP contribution in [0.1, 0.15) is 50.3 Å². The summed E-state index contributed by atoms with van der Waals surface area (Å²) in [6, 6.07) is 6.35. The van der Waals surface area contributed by atoms with Gasteiger partial charge in [0.2, 0.25) is 11.7 Å². The molecule has 2 aromatic rings. The van der Waals surface area contributed by atoms with Crippen LogP contribution in [0.25, 0.3) is 11.4 Å². The molecule has 0 aliphatic heterocycles. The van der Waals surface area contributed by atoms with Crippen LogP contribution in [0.4, 0.5) is 0 Å². The molecule has 0 spiro atoms. The third-order valence-electron chi connectivity index (χ3n) is 3.81. The van der Waals surface area contributed by atoms with Crippen molar-refractivity contribution in [2.75, 3.05) is 0 Å². The van der Waals surface area contributed by atoms with E-state index in [4.69, 9.17) is 4.52 Å². The van der Waals surface area contributed by atoms with Gasteiger partial charge in [-0.3, -0.25) is 0 Å². The average molecular weight is 319 g/mol. The summed E-state index contributed by atoms with van der Waals surface area (Å²) < 4.78 is 20.3. The number of nitrogens with zero attached hydrogens (tertiary/aromatic N) is 2. The molecule has 5 nitrogen and oxygen atoms in total. The fraction of sp³-hybridized carbons (Fsp3) is 0.500. The molecule has 0 amide bonds. The maximum absolute atomic E-state index is 12.3. The van der Waals surface area contributed by atoms with Gasteiger partial charge in [0, 0.05) is 23.8 Å². The molecule has 0 radical (unpaired) electrons. The van der Waals surface area contributed by atoms with Crippen molar-refractivity contribution in [3.63, 3.8) is 0 Å². The number of aromatic nitrogens is 2. The van der Waals surface area contributed by atoms with Crippen LogP contribution >= 0.6 is 0 Å². The van der Waals surface area contributed by atoms with Crippen LogP contribution in [0.5, 0.6) is 0 Å². The Labute approximate surface area is 133 Å². The summed E-state index contributed by atoms with van der Waals surface area (Å²) in [5.41, 5.74) is 3.46. The van der Waals surface area contributed by atoms with Gasteiger partial charge in [-0.2, -0.15) is 4.98 Å². The standard InChI is InChI=1S/C16H21N3O2S/c1-10-17-15(18-21-10)12-5-7-13-11(9-12)6-8-14(13)19-22(20)16(2,3)4/h5,7,9,14,19H,6,8H2,1-4H3/t14-,22?/m1/s1. The van der Waals surface area contributed by atoms with E-state index in [1.165, 1.54) is 11.1 Å². The summed E-state index contributed by atoms with van der Waals surface area (Å²) >= 11 is -1.06. The first-order chi connectivity index (χ1) is 10.3. The molecule has 0 saturated heterocycles. The molecule has 6 heteroatoms. The first kappa shape index (κ1) is 15.5. The molecule has 3 rings (SSSR count). The van der Waals surface area contributed by atoms with Gasteiger partial charge in [0.15, 0.2) is 0 Å². The Hall–Kier alpha value is -1.37. The summed E-state index contributed by atoms with van der Waals surface area (Å²) in [4.78, 5) is 4.26. The van der Waals surface area contributed by atoms with Crippen molar-refractivity contribution in [3.8, 4) is 11.4 Å². The number of fused-ring (bicyclic) bond motifs is 1. The Kier molecular flexibility index (Phi) is 4.01. The molecular weight excluding hydrogens is 298 g/mol. The highest BCUT2D eigenvalue weighted by molar-refractivity contribution is 7.90. The Morgan fingerprint density at radius 3 is 2.77 bits per heavy atom. The van der Waals surface area contributed by atoms with E-state index in [1.807, 2.05) is 26.8 Å². The molecule has 0 saturated carbocycles. The molecule has 1 unspecified atom stereocenters. The highest BCUT2D eigenvalue weighted by atomic mass is 32.2. The second-order valence-electron chi connectivity index (χ2n) is 6.64. The van der Waals surface area contributed by atoms with Gasteiger partial charge in [0.1, 0.15) is 4.75 Å². The number of aryl methyl sites for hydroxylation is 2. The quantitative estimate of drug-likeness (QED) is 0.880. The van der Waals surface area contributed by atoms with Crippen LogP contribution in [0, 0.1) is 6.92 Å². The Morgan fingerprint density at radius 1 is 1.36 bits per heavy atom. The zero-order chi connectivity index (χ0) is 15.9. The van der Waals surface area contributed by atoms with E-state index in [0.717, 1.165) is 18.4 Å². The van der Waals surface area contributed by atoms with Gasteiger partial charge >= 0.3 is 0 Å². The summed E-state index contributed by atoms with van der Waals surface area (Å²) in [7, 11) is 0. The predicted molar refractivity (Wildman–Crippen MR) is 86.6 cm³/mol. The monoisotopic (exact) mass is 319 g/mol. The molecule has 1 aromatic heterocycles. The highest BCUT2D eigenvalue weighted by Crippen LogP contribution is 2.35. The third-order valence-corrected chi connectivity index (χ3v) is 5.42. The van der Waals surface area contributed by atoms with E-state index in [0.29, 0.717) is 11.7 Å². The van der Waals surface area contributed by atoms with Crippen LogP contribution in [-0.2, 0) is 17.8 Å². The minimum atomic E-state index is -1.06. The third kappa shape index (κ3) is 3.04. The summed E-state index contributed by atoms with van der Waals surface area (Å²) in [6.07, 6.45) is 1.94. The molecule has 1 N–H and O–H groups in total. The van der Waals surface area contributed by atoms with E-state index in [-0.39, 0.29) is 10.8 Å². The predicted octanol–water partition coefficient (Wildman–Crippen LogP) is 3.08. The largest absolute Gasteiger partial charge is 0.598 e. The zero-order valence-electron chi connectivity index (χ0n) is 13.3. The van der Waals surface area contributed by atoms with Crippen LogP contribution in [0.3, 0.4) is 0 Å². The lowest BCUT2D eigenvalue weighted by molar-refractivity contribution is 0.394. The molecule has 1 heterocycles. The topological polar surface area (TPSA) is 74.0 Å². The molecule has 1 aliphatic carbocycles. The summed E-state index contributed by atoms with van der Waals surface area (Å²) in [5, 5.41) is 3.96. The van der Waals surface area contributed by atoms with E-state index < -0.39 is 11.4 Å². The summed E-state index contributed by atoms with van der Waals surface area (Å²) in [5.74, 6) is 1.19. The smallest absolute Gasteiger partial charge is 0.223 e. The van der Waals surface area contributed by atoms with Crippen molar-refractivity contribution in [2.24, 2.45) is 0 Å². The van der Waals surface area contributed by atoms with Gasteiger partial charge < -0.3 is 9.08 Å². The lowest BCUT2D eigenvalue weighted by Crippen LogP contribution is -2.40. The fourth-order valence-corrected chi connectivity index (χ4v) is 3.46. The molecular formula is C16H21N3O2S. The normalized spacial score (nSPS) is 19.2. The molecule has 2 atom stereocenters. The Morgan fingerprint density at radius 2 is 2.14 bits per heavy atom. The van der Waals surface area contributed by atoms with Crippen LogP contribution in [0.2, 0.25) is 0 Å². The van der Waals surface area contributed by atoms with Crippen LogP contribution in [-0.4, -0.2) is 19.4 Å². The molecule has 0 fully saturated rings. The Balaban J connectivity index is 1.81. The van der Waals surface area contributed by atoms with Crippen LogP contribution < -0.4 is 4.72 Å². The number of rotatable bonds is 3. The average Bonchev–Trinajstić information content (AvgIpc) is 3.04. The Bertz CT molecular complexity index is 678. The van der Waals surface area contributed by atoms with E-state index >= 15 is 0 Å².